The Hall–Kier alpha value is -2.14. The van der Waals surface area contributed by atoms with Crippen molar-refractivity contribution in [2.24, 2.45) is 0 Å². The normalized spacial score (nSPS) is 11.7. The highest BCUT2D eigenvalue weighted by atomic mass is 79.9. The van der Waals surface area contributed by atoms with Crippen molar-refractivity contribution in [3.8, 4) is 0 Å². The van der Waals surface area contributed by atoms with Crippen molar-refractivity contribution in [3.05, 3.63) is 69.2 Å². The molecule has 0 aliphatic heterocycles. The molecular formula is C22H27BrN2O2. The highest BCUT2D eigenvalue weighted by molar-refractivity contribution is 9.10. The predicted octanol–water partition coefficient (Wildman–Crippen LogP) is 4.16. The molecule has 2 rings (SSSR count). The molecule has 0 bridgehead atoms. The summed E-state index contributed by atoms with van der Waals surface area (Å²) in [6, 6.07) is 13.4. The van der Waals surface area contributed by atoms with Crippen LogP contribution in [-0.4, -0.2) is 29.3 Å². The summed E-state index contributed by atoms with van der Waals surface area (Å²) >= 11 is 3.43. The van der Waals surface area contributed by atoms with E-state index in [9.17, 15) is 9.59 Å². The molecule has 27 heavy (non-hydrogen) atoms. The van der Waals surface area contributed by atoms with Crippen molar-refractivity contribution in [2.45, 2.75) is 46.7 Å². The van der Waals surface area contributed by atoms with E-state index in [4.69, 9.17) is 0 Å². The van der Waals surface area contributed by atoms with Crippen LogP contribution in [0.1, 0.15) is 36.1 Å². The average molecular weight is 431 g/mol. The summed E-state index contributed by atoms with van der Waals surface area (Å²) in [4.78, 5) is 27.2. The lowest BCUT2D eigenvalue weighted by Crippen LogP contribution is -2.48. The van der Waals surface area contributed by atoms with E-state index in [1.54, 1.807) is 11.8 Å². The van der Waals surface area contributed by atoms with Gasteiger partial charge < -0.3 is 10.2 Å². The number of nitrogens with one attached hydrogen (secondary N) is 1. The zero-order valence-electron chi connectivity index (χ0n) is 16.4. The maximum Gasteiger partial charge on any atom is 0.242 e. The van der Waals surface area contributed by atoms with Crippen LogP contribution < -0.4 is 5.32 Å². The third-order valence-electron chi connectivity index (χ3n) is 4.63. The number of carbonyl (C=O) groups is 2. The number of benzene rings is 2. The van der Waals surface area contributed by atoms with Crippen molar-refractivity contribution < 1.29 is 9.59 Å². The van der Waals surface area contributed by atoms with Crippen LogP contribution in [0, 0.1) is 13.8 Å². The minimum atomic E-state index is -0.536. The first-order valence-electron chi connectivity index (χ1n) is 9.19. The topological polar surface area (TPSA) is 49.4 Å². The molecule has 144 valence electrons. The van der Waals surface area contributed by atoms with E-state index in [0.29, 0.717) is 13.1 Å². The van der Waals surface area contributed by atoms with Gasteiger partial charge >= 0.3 is 0 Å². The Balaban J connectivity index is 2.26. The molecule has 0 saturated carbocycles. The van der Waals surface area contributed by atoms with Gasteiger partial charge in [0.1, 0.15) is 6.04 Å². The van der Waals surface area contributed by atoms with Gasteiger partial charge in [-0.05, 0) is 56.5 Å². The van der Waals surface area contributed by atoms with Crippen LogP contribution in [-0.2, 0) is 22.6 Å². The number of halogens is 1. The second kappa shape index (κ2) is 9.70. The summed E-state index contributed by atoms with van der Waals surface area (Å²) in [5.74, 6) is -0.186. The van der Waals surface area contributed by atoms with Gasteiger partial charge in [-0.25, -0.2) is 0 Å². The van der Waals surface area contributed by atoms with Crippen molar-refractivity contribution in [2.75, 3.05) is 6.54 Å². The van der Waals surface area contributed by atoms with Crippen molar-refractivity contribution >= 4 is 27.7 Å². The fourth-order valence-corrected chi connectivity index (χ4v) is 3.21. The van der Waals surface area contributed by atoms with Crippen LogP contribution in [0.2, 0.25) is 0 Å². The van der Waals surface area contributed by atoms with E-state index < -0.39 is 6.04 Å². The lowest BCUT2D eigenvalue weighted by atomic mass is 10.0. The first-order chi connectivity index (χ1) is 12.8. The molecule has 0 aliphatic carbocycles. The molecular weight excluding hydrogens is 404 g/mol. The van der Waals surface area contributed by atoms with Gasteiger partial charge in [0.05, 0.1) is 6.42 Å². The fraction of sp³-hybridized carbons (Fsp3) is 0.364. The molecule has 0 fully saturated rings. The molecule has 4 nitrogen and oxygen atoms in total. The molecule has 2 amide bonds. The van der Waals surface area contributed by atoms with E-state index in [0.717, 1.165) is 26.7 Å². The SMILES string of the molecule is CCNC(=O)[C@@H](C)N(Cc1ccc(Br)cc1)C(=O)Cc1cc(C)ccc1C. The van der Waals surface area contributed by atoms with E-state index >= 15 is 0 Å². The molecule has 2 aromatic carbocycles. The summed E-state index contributed by atoms with van der Waals surface area (Å²) in [6.45, 7) is 8.63. The summed E-state index contributed by atoms with van der Waals surface area (Å²) in [7, 11) is 0. The highest BCUT2D eigenvalue weighted by Crippen LogP contribution is 2.17. The number of hydrogen-bond donors (Lipinski definition) is 1. The lowest BCUT2D eigenvalue weighted by Gasteiger charge is -2.29. The van der Waals surface area contributed by atoms with Crippen LogP contribution >= 0.6 is 15.9 Å². The molecule has 2 aromatic rings. The Kier molecular flexibility index (Phi) is 7.60. The number of aryl methyl sites for hydroxylation is 2. The van der Waals surface area contributed by atoms with Crippen LogP contribution in [0.3, 0.4) is 0 Å². The van der Waals surface area contributed by atoms with Crippen molar-refractivity contribution in [1.82, 2.24) is 10.2 Å². The quantitative estimate of drug-likeness (QED) is 0.716. The predicted molar refractivity (Wildman–Crippen MR) is 112 cm³/mol. The van der Waals surface area contributed by atoms with Crippen LogP contribution in [0.5, 0.6) is 0 Å². The van der Waals surface area contributed by atoms with E-state index in [1.807, 2.05) is 63.2 Å². The van der Waals surface area contributed by atoms with Gasteiger partial charge in [-0.1, -0.05) is 51.8 Å². The second-order valence-corrected chi connectivity index (χ2v) is 7.74. The smallest absolute Gasteiger partial charge is 0.242 e. The Bertz CT molecular complexity index is 802. The van der Waals surface area contributed by atoms with Crippen LogP contribution in [0.4, 0.5) is 0 Å². The number of likely N-dealkylation sites (N-methyl/N-ethyl adjacent to an activating group) is 1. The molecule has 0 saturated heterocycles. The van der Waals surface area contributed by atoms with Gasteiger partial charge in [0.15, 0.2) is 0 Å². The molecule has 0 spiro atoms. The average Bonchev–Trinajstić information content (AvgIpc) is 2.63. The Morgan fingerprint density at radius 2 is 1.78 bits per heavy atom. The minimum Gasteiger partial charge on any atom is -0.355 e. The summed E-state index contributed by atoms with van der Waals surface area (Å²) in [6.07, 6.45) is 0.286. The second-order valence-electron chi connectivity index (χ2n) is 6.83. The number of rotatable bonds is 7. The van der Waals surface area contributed by atoms with E-state index in [-0.39, 0.29) is 18.2 Å². The number of nitrogens with zero attached hydrogens (tertiary/aromatic N) is 1. The monoisotopic (exact) mass is 430 g/mol. The number of hydrogen-bond acceptors (Lipinski definition) is 2. The summed E-state index contributed by atoms with van der Waals surface area (Å²) in [5, 5.41) is 2.82. The summed E-state index contributed by atoms with van der Waals surface area (Å²) in [5.41, 5.74) is 4.20. The standard InChI is InChI=1S/C22H27BrN2O2/c1-5-24-22(27)17(4)25(14-18-8-10-20(23)11-9-18)21(26)13-19-12-15(2)6-7-16(19)3/h6-12,17H,5,13-14H2,1-4H3,(H,24,27)/t17-/m1/s1. The first kappa shape index (κ1) is 21.2. The molecule has 1 atom stereocenters. The van der Waals surface area contributed by atoms with Gasteiger partial charge in [0, 0.05) is 17.6 Å². The van der Waals surface area contributed by atoms with Gasteiger partial charge in [-0.2, -0.15) is 0 Å². The van der Waals surface area contributed by atoms with Gasteiger partial charge in [0.25, 0.3) is 0 Å². The Morgan fingerprint density at radius 3 is 2.41 bits per heavy atom. The van der Waals surface area contributed by atoms with Gasteiger partial charge in [-0.15, -0.1) is 0 Å². The highest BCUT2D eigenvalue weighted by Gasteiger charge is 2.26. The van der Waals surface area contributed by atoms with Gasteiger partial charge in [0.2, 0.25) is 11.8 Å². The maximum atomic E-state index is 13.1. The largest absolute Gasteiger partial charge is 0.355 e. The van der Waals surface area contributed by atoms with E-state index in [2.05, 4.69) is 21.2 Å². The molecule has 5 heteroatoms. The molecule has 0 unspecified atom stereocenters. The van der Waals surface area contributed by atoms with Crippen molar-refractivity contribution in [1.29, 1.82) is 0 Å². The molecule has 1 N–H and O–H groups in total. The Morgan fingerprint density at radius 1 is 1.11 bits per heavy atom. The molecule has 0 aliphatic rings. The summed E-state index contributed by atoms with van der Waals surface area (Å²) < 4.78 is 0.983. The number of carbonyl (C=O) groups excluding carboxylic acids is 2. The molecule has 0 radical (unpaired) electrons. The van der Waals surface area contributed by atoms with Gasteiger partial charge in [-0.3, -0.25) is 9.59 Å². The zero-order chi connectivity index (χ0) is 20.0. The van der Waals surface area contributed by atoms with Crippen LogP contribution in [0.25, 0.3) is 0 Å². The minimum absolute atomic E-state index is 0.0506. The van der Waals surface area contributed by atoms with Crippen molar-refractivity contribution in [3.63, 3.8) is 0 Å². The number of amides is 2. The molecule has 0 heterocycles. The first-order valence-corrected chi connectivity index (χ1v) is 9.99. The Labute approximate surface area is 170 Å². The fourth-order valence-electron chi connectivity index (χ4n) is 2.95. The molecule has 0 aromatic heterocycles. The van der Waals surface area contributed by atoms with Crippen LogP contribution in [0.15, 0.2) is 46.9 Å². The zero-order valence-corrected chi connectivity index (χ0v) is 18.0. The third-order valence-corrected chi connectivity index (χ3v) is 5.16. The maximum absolute atomic E-state index is 13.1. The van der Waals surface area contributed by atoms with E-state index in [1.165, 1.54) is 0 Å². The lowest BCUT2D eigenvalue weighted by molar-refractivity contribution is -0.140. The third kappa shape index (κ3) is 5.93.